The average molecular weight is 448 g/mol. The van der Waals surface area contributed by atoms with Crippen LogP contribution in [0.2, 0.25) is 0 Å². The van der Waals surface area contributed by atoms with E-state index in [0.29, 0.717) is 42.6 Å². The van der Waals surface area contributed by atoms with Crippen LogP contribution in [-0.2, 0) is 14.4 Å². The summed E-state index contributed by atoms with van der Waals surface area (Å²) >= 11 is 0. The van der Waals surface area contributed by atoms with Crippen molar-refractivity contribution < 1.29 is 28.6 Å². The molecule has 2 unspecified atom stereocenters. The van der Waals surface area contributed by atoms with Crippen LogP contribution in [0.1, 0.15) is 32.6 Å². The molecule has 0 spiro atoms. The van der Waals surface area contributed by atoms with Gasteiger partial charge in [-0.3, -0.25) is 14.4 Å². The normalized spacial score (nSPS) is 20.8. The molecule has 2 saturated heterocycles. The van der Waals surface area contributed by atoms with Crippen molar-refractivity contribution in [3.63, 3.8) is 0 Å². The number of amides is 3. The lowest BCUT2D eigenvalue weighted by molar-refractivity contribution is -0.139. The van der Waals surface area contributed by atoms with Crippen LogP contribution in [0.15, 0.2) is 12.1 Å². The zero-order valence-corrected chi connectivity index (χ0v) is 19.3. The zero-order chi connectivity index (χ0) is 23.3. The Morgan fingerprint density at radius 3 is 2.34 bits per heavy atom. The summed E-state index contributed by atoms with van der Waals surface area (Å²) in [6.07, 6.45) is 2.58. The number of nitrogens with zero attached hydrogens (tertiary/aromatic N) is 2. The van der Waals surface area contributed by atoms with E-state index in [1.165, 1.54) is 21.3 Å². The van der Waals surface area contributed by atoms with Gasteiger partial charge >= 0.3 is 0 Å². The molecule has 32 heavy (non-hydrogen) atoms. The third kappa shape index (κ3) is 4.92. The van der Waals surface area contributed by atoms with Gasteiger partial charge in [-0.1, -0.05) is 6.92 Å². The van der Waals surface area contributed by atoms with E-state index in [1.54, 1.807) is 21.9 Å². The number of carbonyl (C=O) groups excluding carboxylic acids is 3. The Balaban J connectivity index is 1.71. The van der Waals surface area contributed by atoms with E-state index >= 15 is 0 Å². The standard InChI is InChI=1S/C23H33N3O6/c1-5-8-24-22(28)15-7-6-9-25(13-15)23(29)16-10-20(27)26(14-16)17-11-18(30-2)21(32-4)19(12-17)31-3/h11-12,15-16H,5-10,13-14H2,1-4H3,(H,24,28). The highest BCUT2D eigenvalue weighted by molar-refractivity contribution is 6.01. The third-order valence-electron chi connectivity index (χ3n) is 6.09. The van der Waals surface area contributed by atoms with Crippen molar-refractivity contribution in [2.75, 3.05) is 52.4 Å². The van der Waals surface area contributed by atoms with Gasteiger partial charge in [-0.05, 0) is 19.3 Å². The van der Waals surface area contributed by atoms with Crippen LogP contribution in [0.25, 0.3) is 0 Å². The lowest BCUT2D eigenvalue weighted by atomic mass is 9.95. The molecule has 3 amide bonds. The number of benzene rings is 1. The molecule has 2 heterocycles. The molecule has 0 saturated carbocycles. The van der Waals surface area contributed by atoms with Crippen LogP contribution < -0.4 is 24.4 Å². The molecule has 9 nitrogen and oxygen atoms in total. The van der Waals surface area contributed by atoms with Gasteiger partial charge in [0.15, 0.2) is 11.5 Å². The number of methoxy groups -OCH3 is 3. The van der Waals surface area contributed by atoms with Gasteiger partial charge in [-0.2, -0.15) is 0 Å². The summed E-state index contributed by atoms with van der Waals surface area (Å²) in [5, 5.41) is 2.92. The maximum atomic E-state index is 13.2. The van der Waals surface area contributed by atoms with Crippen LogP contribution in [0.3, 0.4) is 0 Å². The fourth-order valence-electron chi connectivity index (χ4n) is 4.39. The molecule has 0 radical (unpaired) electrons. The van der Waals surface area contributed by atoms with Crippen LogP contribution in [-0.4, -0.2) is 70.1 Å². The molecule has 1 N–H and O–H groups in total. The molecule has 2 fully saturated rings. The molecule has 2 aliphatic heterocycles. The van der Waals surface area contributed by atoms with Gasteiger partial charge in [-0.25, -0.2) is 0 Å². The van der Waals surface area contributed by atoms with Crippen molar-refractivity contribution in [1.82, 2.24) is 10.2 Å². The topological polar surface area (TPSA) is 97.4 Å². The van der Waals surface area contributed by atoms with Gasteiger partial charge in [-0.15, -0.1) is 0 Å². The summed E-state index contributed by atoms with van der Waals surface area (Å²) in [4.78, 5) is 41.7. The number of hydrogen-bond acceptors (Lipinski definition) is 6. The molecular formula is C23H33N3O6. The van der Waals surface area contributed by atoms with Gasteiger partial charge < -0.3 is 29.3 Å². The van der Waals surface area contributed by atoms with Crippen molar-refractivity contribution in [2.45, 2.75) is 32.6 Å². The van der Waals surface area contributed by atoms with E-state index in [-0.39, 0.29) is 36.6 Å². The molecule has 1 aromatic rings. The Bertz CT molecular complexity index is 833. The van der Waals surface area contributed by atoms with Crippen molar-refractivity contribution in [2.24, 2.45) is 11.8 Å². The number of likely N-dealkylation sites (tertiary alicyclic amines) is 1. The average Bonchev–Trinajstić information content (AvgIpc) is 3.22. The minimum absolute atomic E-state index is 0.00546. The highest BCUT2D eigenvalue weighted by Gasteiger charge is 2.39. The van der Waals surface area contributed by atoms with Crippen molar-refractivity contribution in [1.29, 1.82) is 0 Å². The predicted molar refractivity (Wildman–Crippen MR) is 119 cm³/mol. The minimum atomic E-state index is -0.445. The first-order valence-corrected chi connectivity index (χ1v) is 11.1. The number of anilines is 1. The Labute approximate surface area is 189 Å². The molecule has 9 heteroatoms. The van der Waals surface area contributed by atoms with Gasteiger partial charge in [0, 0.05) is 44.7 Å². The second-order valence-corrected chi connectivity index (χ2v) is 8.20. The lowest BCUT2D eigenvalue weighted by Crippen LogP contribution is -2.47. The molecule has 3 rings (SSSR count). The molecule has 0 aliphatic carbocycles. The first kappa shape index (κ1) is 23.7. The van der Waals surface area contributed by atoms with Crippen LogP contribution in [0, 0.1) is 11.8 Å². The number of hydrogen-bond donors (Lipinski definition) is 1. The quantitative estimate of drug-likeness (QED) is 0.653. The van der Waals surface area contributed by atoms with E-state index in [1.807, 2.05) is 6.92 Å². The van der Waals surface area contributed by atoms with E-state index in [4.69, 9.17) is 14.2 Å². The number of nitrogens with one attached hydrogen (secondary N) is 1. The Morgan fingerprint density at radius 2 is 1.75 bits per heavy atom. The van der Waals surface area contributed by atoms with Gasteiger partial charge in [0.1, 0.15) is 0 Å². The second kappa shape index (κ2) is 10.6. The van der Waals surface area contributed by atoms with E-state index in [9.17, 15) is 14.4 Å². The number of rotatable bonds is 8. The molecule has 2 atom stereocenters. The highest BCUT2D eigenvalue weighted by atomic mass is 16.5. The van der Waals surface area contributed by atoms with Gasteiger partial charge in [0.05, 0.1) is 38.9 Å². The first-order valence-electron chi connectivity index (χ1n) is 11.1. The largest absolute Gasteiger partial charge is 0.493 e. The summed E-state index contributed by atoms with van der Waals surface area (Å²) in [5.41, 5.74) is 0.593. The third-order valence-corrected chi connectivity index (χ3v) is 6.09. The minimum Gasteiger partial charge on any atom is -0.493 e. The maximum Gasteiger partial charge on any atom is 0.228 e. The van der Waals surface area contributed by atoms with Crippen molar-refractivity contribution in [3.8, 4) is 17.2 Å². The summed E-state index contributed by atoms with van der Waals surface area (Å²) in [6, 6.07) is 3.42. The number of ether oxygens (including phenoxy) is 3. The molecule has 1 aromatic carbocycles. The molecule has 2 aliphatic rings. The highest BCUT2D eigenvalue weighted by Crippen LogP contribution is 2.42. The number of carbonyl (C=O) groups is 3. The summed E-state index contributed by atoms with van der Waals surface area (Å²) in [6.45, 7) is 3.95. The summed E-state index contributed by atoms with van der Waals surface area (Å²) in [7, 11) is 4.55. The molecule has 176 valence electrons. The molecule has 0 aromatic heterocycles. The predicted octanol–water partition coefficient (Wildman–Crippen LogP) is 1.83. The summed E-state index contributed by atoms with van der Waals surface area (Å²) < 4.78 is 16.1. The smallest absolute Gasteiger partial charge is 0.228 e. The fourth-order valence-corrected chi connectivity index (χ4v) is 4.39. The Hall–Kier alpha value is -2.97. The number of piperidine rings is 1. The SMILES string of the molecule is CCCNC(=O)C1CCCN(C(=O)C2CC(=O)N(c3cc(OC)c(OC)c(OC)c3)C2)C1. The summed E-state index contributed by atoms with van der Waals surface area (Å²) in [5.74, 6) is 0.502. The van der Waals surface area contributed by atoms with Crippen molar-refractivity contribution >= 4 is 23.4 Å². The first-order chi connectivity index (χ1) is 15.4. The fraction of sp³-hybridized carbons (Fsp3) is 0.609. The Kier molecular flexibility index (Phi) is 7.82. The molecule has 0 bridgehead atoms. The van der Waals surface area contributed by atoms with E-state index in [2.05, 4.69) is 5.32 Å². The lowest BCUT2D eigenvalue weighted by Gasteiger charge is -2.33. The maximum absolute atomic E-state index is 13.2. The van der Waals surface area contributed by atoms with E-state index in [0.717, 1.165) is 19.3 Å². The molecular weight excluding hydrogens is 414 g/mol. The Morgan fingerprint density at radius 1 is 1.06 bits per heavy atom. The van der Waals surface area contributed by atoms with Crippen LogP contribution >= 0.6 is 0 Å². The second-order valence-electron chi connectivity index (χ2n) is 8.20. The van der Waals surface area contributed by atoms with Crippen LogP contribution in [0.5, 0.6) is 17.2 Å². The van der Waals surface area contributed by atoms with Gasteiger partial charge in [0.25, 0.3) is 0 Å². The van der Waals surface area contributed by atoms with E-state index < -0.39 is 5.92 Å². The van der Waals surface area contributed by atoms with Crippen molar-refractivity contribution in [3.05, 3.63) is 12.1 Å². The van der Waals surface area contributed by atoms with Crippen LogP contribution in [0.4, 0.5) is 5.69 Å². The monoisotopic (exact) mass is 447 g/mol. The van der Waals surface area contributed by atoms with Gasteiger partial charge in [0.2, 0.25) is 23.5 Å². The zero-order valence-electron chi connectivity index (χ0n) is 19.3.